The van der Waals surface area contributed by atoms with Gasteiger partial charge >= 0.3 is 5.97 Å². The third-order valence-electron chi connectivity index (χ3n) is 4.87. The summed E-state index contributed by atoms with van der Waals surface area (Å²) in [7, 11) is 0. The van der Waals surface area contributed by atoms with Gasteiger partial charge in [-0.2, -0.15) is 0 Å². The Hall–Kier alpha value is -3.16. The Morgan fingerprint density at radius 3 is 2.55 bits per heavy atom. The molecule has 0 unspecified atom stereocenters. The summed E-state index contributed by atoms with van der Waals surface area (Å²) in [6, 6.07) is 15.7. The zero-order chi connectivity index (χ0) is 23.5. The van der Waals surface area contributed by atoms with Gasteiger partial charge in [-0.25, -0.2) is 9.18 Å². The first-order valence-electron chi connectivity index (χ1n) is 9.98. The third-order valence-corrected chi connectivity index (χ3v) is 5.75. The van der Waals surface area contributed by atoms with Crippen LogP contribution in [0.5, 0.6) is 5.75 Å². The fourth-order valence-corrected chi connectivity index (χ4v) is 3.77. The molecule has 0 bridgehead atoms. The molecule has 0 aliphatic carbocycles. The number of ether oxygens (including phenoxy) is 2. The van der Waals surface area contributed by atoms with Crippen molar-refractivity contribution in [1.29, 1.82) is 0 Å². The molecule has 168 valence electrons. The highest BCUT2D eigenvalue weighted by Gasteiger charge is 2.23. The number of esters is 1. The summed E-state index contributed by atoms with van der Waals surface area (Å²) in [5.74, 6) is -0.976. The molecule has 0 N–H and O–H groups in total. The minimum absolute atomic E-state index is 0.0799. The van der Waals surface area contributed by atoms with Crippen LogP contribution in [0.25, 0.3) is 22.1 Å². The molecule has 1 aromatic heterocycles. The van der Waals surface area contributed by atoms with Crippen molar-refractivity contribution in [2.75, 3.05) is 6.61 Å². The van der Waals surface area contributed by atoms with Gasteiger partial charge in [0.05, 0.1) is 22.6 Å². The highest BCUT2D eigenvalue weighted by Crippen LogP contribution is 2.29. The smallest absolute Gasteiger partial charge is 0.375 e. The molecule has 0 atom stereocenters. The van der Waals surface area contributed by atoms with Crippen molar-refractivity contribution in [2.24, 2.45) is 0 Å². The predicted octanol–water partition coefficient (Wildman–Crippen LogP) is 6.77. The zero-order valence-corrected chi connectivity index (χ0v) is 19.7. The van der Waals surface area contributed by atoms with Gasteiger partial charge < -0.3 is 13.9 Å². The van der Waals surface area contributed by atoms with E-state index in [1.54, 1.807) is 43.3 Å². The maximum atomic E-state index is 13.3. The summed E-state index contributed by atoms with van der Waals surface area (Å²) < 4.78 is 30.8. The molecule has 8 heteroatoms. The van der Waals surface area contributed by atoms with Gasteiger partial charge in [-0.1, -0.05) is 45.7 Å². The quantitative estimate of drug-likeness (QED) is 0.257. The molecule has 0 fully saturated rings. The Balaban J connectivity index is 1.76. The number of carbonyl (C=O) groups excluding carboxylic acids is 1. The Bertz CT molecular complexity index is 1400. The van der Waals surface area contributed by atoms with E-state index in [2.05, 4.69) is 15.9 Å². The molecule has 0 saturated carbocycles. The van der Waals surface area contributed by atoms with Gasteiger partial charge in [0, 0.05) is 16.1 Å². The van der Waals surface area contributed by atoms with E-state index in [1.807, 2.05) is 0 Å². The second kappa shape index (κ2) is 9.77. The van der Waals surface area contributed by atoms with Crippen LogP contribution in [0.1, 0.15) is 23.0 Å². The van der Waals surface area contributed by atoms with E-state index in [4.69, 9.17) is 25.5 Å². The van der Waals surface area contributed by atoms with Gasteiger partial charge in [-0.15, -0.1) is 0 Å². The topological polar surface area (TPSA) is 65.7 Å². The molecule has 0 spiro atoms. The van der Waals surface area contributed by atoms with E-state index in [0.717, 1.165) is 4.47 Å². The molecular weight excluding hydrogens is 515 g/mol. The number of carbonyl (C=O) groups is 1. The lowest BCUT2D eigenvalue weighted by Gasteiger charge is -2.11. The summed E-state index contributed by atoms with van der Waals surface area (Å²) in [6.07, 6.45) is 0. The normalized spacial score (nSPS) is 10.9. The first kappa shape index (κ1) is 23.0. The average Bonchev–Trinajstić information content (AvgIpc) is 2.79. The van der Waals surface area contributed by atoms with Crippen molar-refractivity contribution in [2.45, 2.75) is 13.5 Å². The van der Waals surface area contributed by atoms with Crippen LogP contribution in [0.4, 0.5) is 4.39 Å². The minimum Gasteiger partial charge on any atom is -0.489 e. The van der Waals surface area contributed by atoms with Crippen LogP contribution in [0.3, 0.4) is 0 Å². The monoisotopic (exact) mass is 530 g/mol. The van der Waals surface area contributed by atoms with Crippen molar-refractivity contribution in [3.05, 3.63) is 97.5 Å². The summed E-state index contributed by atoms with van der Waals surface area (Å²) in [4.78, 5) is 26.0. The van der Waals surface area contributed by atoms with Gasteiger partial charge in [0.15, 0.2) is 0 Å². The van der Waals surface area contributed by atoms with Gasteiger partial charge in [0.2, 0.25) is 11.2 Å². The number of hydrogen-bond donors (Lipinski definition) is 0. The van der Waals surface area contributed by atoms with E-state index in [-0.39, 0.29) is 46.0 Å². The number of halogens is 3. The number of fused-ring (bicyclic) bond motifs is 1. The molecule has 5 nitrogen and oxygen atoms in total. The van der Waals surface area contributed by atoms with Crippen LogP contribution in [0, 0.1) is 5.82 Å². The second-order valence-corrected chi connectivity index (χ2v) is 8.37. The van der Waals surface area contributed by atoms with E-state index in [9.17, 15) is 14.0 Å². The molecule has 4 rings (SSSR count). The second-order valence-electron chi connectivity index (χ2n) is 7.05. The fraction of sp³-hybridized carbons (Fsp3) is 0.120. The molecule has 33 heavy (non-hydrogen) atoms. The molecule has 3 aromatic carbocycles. The summed E-state index contributed by atoms with van der Waals surface area (Å²) in [5, 5.41) is 0.527. The highest BCUT2D eigenvalue weighted by atomic mass is 79.9. The minimum atomic E-state index is -0.737. The maximum absolute atomic E-state index is 13.3. The first-order valence-corrected chi connectivity index (χ1v) is 11.1. The number of rotatable bonds is 6. The molecule has 0 amide bonds. The summed E-state index contributed by atoms with van der Waals surface area (Å²) in [5.41, 5.74) is 1.06. The fourth-order valence-electron chi connectivity index (χ4n) is 3.28. The number of benzene rings is 3. The Labute approximate surface area is 201 Å². The van der Waals surface area contributed by atoms with E-state index in [1.165, 1.54) is 24.3 Å². The van der Waals surface area contributed by atoms with Gasteiger partial charge in [-0.3, -0.25) is 4.79 Å². The van der Waals surface area contributed by atoms with Crippen LogP contribution in [0.15, 0.2) is 74.3 Å². The van der Waals surface area contributed by atoms with E-state index < -0.39 is 11.8 Å². The van der Waals surface area contributed by atoms with Crippen molar-refractivity contribution >= 4 is 44.5 Å². The SMILES string of the molecule is CCOC(=O)c1oc2cc(OCc3ccc(F)cc3Cl)ccc2c(=O)c1-c1ccc(Br)cc1. The van der Waals surface area contributed by atoms with Gasteiger partial charge in [0.1, 0.15) is 23.8 Å². The van der Waals surface area contributed by atoms with Crippen LogP contribution in [-0.4, -0.2) is 12.6 Å². The van der Waals surface area contributed by atoms with Crippen LogP contribution >= 0.6 is 27.5 Å². The molecular formula is C25H17BrClFO5. The van der Waals surface area contributed by atoms with Crippen molar-refractivity contribution < 1.29 is 23.1 Å². The maximum Gasteiger partial charge on any atom is 0.375 e. The Morgan fingerprint density at radius 2 is 1.85 bits per heavy atom. The standard InChI is InChI=1S/C25H17BrClFO5/c1-2-31-25(30)24-22(14-3-6-16(26)7-4-14)23(29)19-10-9-18(12-21(19)33-24)32-13-15-5-8-17(28)11-20(15)27/h3-12H,2,13H2,1H3. The molecule has 0 aliphatic heterocycles. The summed E-state index contributed by atoms with van der Waals surface area (Å²) >= 11 is 9.41. The first-order chi connectivity index (χ1) is 15.9. The average molecular weight is 532 g/mol. The predicted molar refractivity (Wildman–Crippen MR) is 127 cm³/mol. The molecule has 0 aliphatic rings. The van der Waals surface area contributed by atoms with Crippen LogP contribution < -0.4 is 10.2 Å². The van der Waals surface area contributed by atoms with Crippen molar-refractivity contribution in [1.82, 2.24) is 0 Å². The number of hydrogen-bond acceptors (Lipinski definition) is 5. The lowest BCUT2D eigenvalue weighted by atomic mass is 10.0. The molecule has 0 radical (unpaired) electrons. The van der Waals surface area contributed by atoms with E-state index in [0.29, 0.717) is 16.9 Å². The summed E-state index contributed by atoms with van der Waals surface area (Å²) in [6.45, 7) is 1.88. The zero-order valence-electron chi connectivity index (χ0n) is 17.4. The third kappa shape index (κ3) is 4.94. The van der Waals surface area contributed by atoms with E-state index >= 15 is 0 Å². The van der Waals surface area contributed by atoms with Crippen molar-refractivity contribution in [3.63, 3.8) is 0 Å². The molecule has 0 saturated heterocycles. The van der Waals surface area contributed by atoms with Gasteiger partial charge in [-0.05, 0) is 48.9 Å². The lowest BCUT2D eigenvalue weighted by Crippen LogP contribution is -2.15. The molecule has 1 heterocycles. The largest absolute Gasteiger partial charge is 0.489 e. The molecule has 4 aromatic rings. The lowest BCUT2D eigenvalue weighted by molar-refractivity contribution is 0.0492. The Kier molecular flexibility index (Phi) is 6.81. The van der Waals surface area contributed by atoms with Gasteiger partial charge in [0.25, 0.3) is 0 Å². The highest BCUT2D eigenvalue weighted by molar-refractivity contribution is 9.10. The van der Waals surface area contributed by atoms with Crippen molar-refractivity contribution in [3.8, 4) is 16.9 Å². The van der Waals surface area contributed by atoms with Crippen LogP contribution in [-0.2, 0) is 11.3 Å². The Morgan fingerprint density at radius 1 is 1.09 bits per heavy atom. The van der Waals surface area contributed by atoms with Crippen LogP contribution in [0.2, 0.25) is 5.02 Å².